The van der Waals surface area contributed by atoms with Gasteiger partial charge in [0.15, 0.2) is 0 Å². The summed E-state index contributed by atoms with van der Waals surface area (Å²) in [6.45, 7) is 0. The first-order valence-electron chi connectivity index (χ1n) is 7.80. The maximum Gasteiger partial charge on any atom is 0.323 e. The van der Waals surface area contributed by atoms with Crippen LogP contribution in [-0.4, -0.2) is 11.9 Å². The average Bonchev–Trinajstić information content (AvgIpc) is 2.63. The number of benzene rings is 3. The lowest BCUT2D eigenvalue weighted by Gasteiger charge is -2.10. The van der Waals surface area contributed by atoms with E-state index in [4.69, 9.17) is 0 Å². The van der Waals surface area contributed by atoms with E-state index in [1.54, 1.807) is 60.7 Å². The van der Waals surface area contributed by atoms with E-state index in [0.717, 1.165) is 0 Å². The van der Waals surface area contributed by atoms with Crippen LogP contribution in [0.25, 0.3) is 0 Å². The molecule has 5 nitrogen and oxygen atoms in total. The Balaban J connectivity index is 1.63. The number of hydrogen-bond donors (Lipinski definition) is 3. The van der Waals surface area contributed by atoms with E-state index in [2.05, 4.69) is 16.0 Å². The van der Waals surface area contributed by atoms with Crippen molar-refractivity contribution in [3.05, 3.63) is 90.5 Å². The molecule has 0 atom stereocenters. The van der Waals surface area contributed by atoms with Crippen LogP contribution in [0, 0.1) is 0 Å². The summed E-state index contributed by atoms with van der Waals surface area (Å²) < 4.78 is 0. The second-order valence-corrected chi connectivity index (χ2v) is 5.35. The zero-order chi connectivity index (χ0) is 17.5. The summed E-state index contributed by atoms with van der Waals surface area (Å²) in [6.07, 6.45) is 0. The number of para-hydroxylation sites is 1. The second kappa shape index (κ2) is 7.79. The summed E-state index contributed by atoms with van der Waals surface area (Å²) in [6, 6.07) is 24.7. The van der Waals surface area contributed by atoms with E-state index >= 15 is 0 Å². The number of anilines is 3. The van der Waals surface area contributed by atoms with Crippen LogP contribution in [0.5, 0.6) is 0 Å². The van der Waals surface area contributed by atoms with Gasteiger partial charge in [0.2, 0.25) is 0 Å². The molecule has 0 fully saturated rings. The van der Waals surface area contributed by atoms with Crippen LogP contribution >= 0.6 is 0 Å². The molecule has 0 radical (unpaired) electrons. The topological polar surface area (TPSA) is 70.2 Å². The van der Waals surface area contributed by atoms with Gasteiger partial charge in [-0.3, -0.25) is 4.79 Å². The van der Waals surface area contributed by atoms with E-state index in [9.17, 15) is 9.59 Å². The summed E-state index contributed by atoms with van der Waals surface area (Å²) in [7, 11) is 0. The Morgan fingerprint density at radius 1 is 0.560 bits per heavy atom. The molecule has 0 aromatic heterocycles. The lowest BCUT2D eigenvalue weighted by atomic mass is 10.2. The molecule has 0 aliphatic heterocycles. The van der Waals surface area contributed by atoms with E-state index in [1.165, 1.54) is 0 Å². The van der Waals surface area contributed by atoms with Crippen LogP contribution < -0.4 is 16.0 Å². The maximum atomic E-state index is 12.2. The summed E-state index contributed by atoms with van der Waals surface area (Å²) in [5.41, 5.74) is 2.46. The Bertz CT molecular complexity index is 864. The van der Waals surface area contributed by atoms with Crippen molar-refractivity contribution in [3.8, 4) is 0 Å². The van der Waals surface area contributed by atoms with Gasteiger partial charge in [-0.15, -0.1) is 0 Å². The third-order valence-corrected chi connectivity index (χ3v) is 3.45. The van der Waals surface area contributed by atoms with Crippen molar-refractivity contribution < 1.29 is 9.59 Å². The van der Waals surface area contributed by atoms with Gasteiger partial charge in [0.25, 0.3) is 5.91 Å². The molecule has 0 aliphatic rings. The molecule has 3 amide bonds. The van der Waals surface area contributed by atoms with E-state index in [1.807, 2.05) is 24.3 Å². The molecule has 0 spiro atoms. The lowest BCUT2D eigenvalue weighted by molar-refractivity contribution is 0.102. The summed E-state index contributed by atoms with van der Waals surface area (Å²) in [5.74, 6) is -0.202. The first-order valence-corrected chi connectivity index (χ1v) is 7.80. The van der Waals surface area contributed by atoms with Crippen molar-refractivity contribution in [1.29, 1.82) is 0 Å². The van der Waals surface area contributed by atoms with Gasteiger partial charge in [-0.2, -0.15) is 0 Å². The standard InChI is InChI=1S/C20H17N3O2/c24-19(15-8-3-1-4-9-15)21-17-12-7-13-18(14-17)23-20(25)22-16-10-5-2-6-11-16/h1-14H,(H,21,24)(H2,22,23,25). The summed E-state index contributed by atoms with van der Waals surface area (Å²) >= 11 is 0. The smallest absolute Gasteiger partial charge is 0.322 e. The zero-order valence-electron chi connectivity index (χ0n) is 13.4. The molecule has 3 N–H and O–H groups in total. The van der Waals surface area contributed by atoms with Crippen LogP contribution in [0.2, 0.25) is 0 Å². The molecule has 0 aliphatic carbocycles. The fourth-order valence-electron chi connectivity index (χ4n) is 2.28. The van der Waals surface area contributed by atoms with E-state index in [-0.39, 0.29) is 11.9 Å². The quantitative estimate of drug-likeness (QED) is 0.655. The molecule has 0 saturated heterocycles. The fraction of sp³-hybridized carbons (Fsp3) is 0. The minimum Gasteiger partial charge on any atom is -0.322 e. The van der Waals surface area contributed by atoms with Crippen molar-refractivity contribution in [3.63, 3.8) is 0 Å². The largest absolute Gasteiger partial charge is 0.323 e. The number of rotatable bonds is 4. The molecule has 0 saturated carbocycles. The minimum absolute atomic E-state index is 0.202. The van der Waals surface area contributed by atoms with Crippen molar-refractivity contribution in [1.82, 2.24) is 0 Å². The average molecular weight is 331 g/mol. The van der Waals surface area contributed by atoms with Crippen molar-refractivity contribution in [2.75, 3.05) is 16.0 Å². The monoisotopic (exact) mass is 331 g/mol. The van der Waals surface area contributed by atoms with Gasteiger partial charge < -0.3 is 16.0 Å². The molecule has 0 bridgehead atoms. The number of hydrogen-bond acceptors (Lipinski definition) is 2. The number of urea groups is 1. The van der Waals surface area contributed by atoms with Gasteiger partial charge in [0, 0.05) is 22.6 Å². The van der Waals surface area contributed by atoms with E-state index < -0.39 is 0 Å². The molecule has 0 heterocycles. The van der Waals surface area contributed by atoms with Crippen LogP contribution in [0.3, 0.4) is 0 Å². The first kappa shape index (κ1) is 16.3. The lowest BCUT2D eigenvalue weighted by Crippen LogP contribution is -2.19. The third kappa shape index (κ3) is 4.68. The molecule has 5 heteroatoms. The highest BCUT2D eigenvalue weighted by Gasteiger charge is 2.07. The Labute approximate surface area is 145 Å². The van der Waals surface area contributed by atoms with E-state index in [0.29, 0.717) is 22.6 Å². The van der Waals surface area contributed by atoms with Gasteiger partial charge in [-0.25, -0.2) is 4.79 Å². The van der Waals surface area contributed by atoms with Gasteiger partial charge in [-0.05, 0) is 42.5 Å². The maximum absolute atomic E-state index is 12.2. The Kier molecular flexibility index (Phi) is 5.07. The molecule has 3 aromatic carbocycles. The van der Waals surface area contributed by atoms with Gasteiger partial charge in [0.05, 0.1) is 0 Å². The fourth-order valence-corrected chi connectivity index (χ4v) is 2.28. The Hall–Kier alpha value is -3.60. The minimum atomic E-state index is -0.349. The molecule has 0 unspecified atom stereocenters. The molecule has 3 rings (SSSR count). The first-order chi connectivity index (χ1) is 12.2. The van der Waals surface area contributed by atoms with Crippen molar-refractivity contribution >= 4 is 29.0 Å². The van der Waals surface area contributed by atoms with Crippen LogP contribution in [0.1, 0.15) is 10.4 Å². The SMILES string of the molecule is O=C(Nc1ccccc1)Nc1cccc(NC(=O)c2ccccc2)c1. The predicted octanol–water partition coefficient (Wildman–Crippen LogP) is 4.58. The predicted molar refractivity (Wildman–Crippen MR) is 99.9 cm³/mol. The highest BCUT2D eigenvalue weighted by atomic mass is 16.2. The van der Waals surface area contributed by atoms with Crippen LogP contribution in [0.4, 0.5) is 21.9 Å². The molecular weight excluding hydrogens is 314 g/mol. The Morgan fingerprint density at radius 2 is 1.08 bits per heavy atom. The number of carbonyl (C=O) groups is 2. The number of amides is 3. The van der Waals surface area contributed by atoms with Crippen LogP contribution in [0.15, 0.2) is 84.9 Å². The zero-order valence-corrected chi connectivity index (χ0v) is 13.4. The summed E-state index contributed by atoms with van der Waals surface area (Å²) in [4.78, 5) is 24.2. The summed E-state index contributed by atoms with van der Waals surface area (Å²) in [5, 5.41) is 8.29. The second-order valence-electron chi connectivity index (χ2n) is 5.35. The third-order valence-electron chi connectivity index (χ3n) is 3.45. The number of nitrogens with one attached hydrogen (secondary N) is 3. The molecule has 124 valence electrons. The highest BCUT2D eigenvalue weighted by molar-refractivity contribution is 6.05. The Morgan fingerprint density at radius 3 is 1.76 bits per heavy atom. The van der Waals surface area contributed by atoms with Crippen LogP contribution in [-0.2, 0) is 0 Å². The van der Waals surface area contributed by atoms with Gasteiger partial charge in [0.1, 0.15) is 0 Å². The normalized spacial score (nSPS) is 9.92. The number of carbonyl (C=O) groups excluding carboxylic acids is 2. The molecular formula is C20H17N3O2. The van der Waals surface area contributed by atoms with Crippen molar-refractivity contribution in [2.24, 2.45) is 0 Å². The van der Waals surface area contributed by atoms with Gasteiger partial charge >= 0.3 is 6.03 Å². The van der Waals surface area contributed by atoms with Crippen molar-refractivity contribution in [2.45, 2.75) is 0 Å². The van der Waals surface area contributed by atoms with Gasteiger partial charge in [-0.1, -0.05) is 42.5 Å². The molecule has 3 aromatic rings. The highest BCUT2D eigenvalue weighted by Crippen LogP contribution is 2.16. The molecule has 25 heavy (non-hydrogen) atoms.